The fourth-order valence-electron chi connectivity index (χ4n) is 5.45. The van der Waals surface area contributed by atoms with E-state index in [1.807, 2.05) is 40.1 Å². The molecular weight excluding hydrogens is 378 g/mol. The Hall–Kier alpha value is -2.73. The van der Waals surface area contributed by atoms with Gasteiger partial charge in [0.15, 0.2) is 0 Å². The molecular formula is C24H27N3O3. The van der Waals surface area contributed by atoms with Gasteiger partial charge in [0.25, 0.3) is 0 Å². The Balaban J connectivity index is 1.38. The van der Waals surface area contributed by atoms with E-state index in [9.17, 15) is 14.7 Å². The fraction of sp³-hybridized carbons (Fsp3) is 0.458. The third-order valence-electron chi connectivity index (χ3n) is 7.17. The van der Waals surface area contributed by atoms with E-state index in [0.717, 1.165) is 30.4 Å². The Labute approximate surface area is 176 Å². The third kappa shape index (κ3) is 2.93. The van der Waals surface area contributed by atoms with Crippen molar-refractivity contribution in [1.82, 2.24) is 14.8 Å². The molecule has 1 aromatic heterocycles. The van der Waals surface area contributed by atoms with Gasteiger partial charge in [-0.2, -0.15) is 0 Å². The van der Waals surface area contributed by atoms with E-state index in [0.29, 0.717) is 19.5 Å². The topological polar surface area (TPSA) is 73.7 Å². The SMILES string of the molecule is O=C(Cc1cccnc1)N1CC2(C1)[C@H](c1ccccc1)[C@@H](CO)N2C(=O)C1CCC1. The molecule has 6 nitrogen and oxygen atoms in total. The van der Waals surface area contributed by atoms with Crippen molar-refractivity contribution in [2.24, 2.45) is 5.92 Å². The molecule has 30 heavy (non-hydrogen) atoms. The van der Waals surface area contributed by atoms with Gasteiger partial charge in [0.05, 0.1) is 24.6 Å². The average molecular weight is 405 g/mol. The number of aliphatic hydroxyl groups is 1. The molecule has 3 aliphatic rings. The molecule has 0 unspecified atom stereocenters. The molecule has 2 atom stereocenters. The van der Waals surface area contributed by atoms with Gasteiger partial charge in [-0.3, -0.25) is 14.6 Å². The zero-order chi connectivity index (χ0) is 20.7. The van der Waals surface area contributed by atoms with Crippen LogP contribution in [0.1, 0.15) is 36.3 Å². The van der Waals surface area contributed by atoms with E-state index in [2.05, 4.69) is 17.1 Å². The van der Waals surface area contributed by atoms with E-state index in [1.165, 1.54) is 0 Å². The van der Waals surface area contributed by atoms with Gasteiger partial charge >= 0.3 is 0 Å². The van der Waals surface area contributed by atoms with Gasteiger partial charge in [0.1, 0.15) is 0 Å². The first-order valence-electron chi connectivity index (χ1n) is 10.8. The van der Waals surface area contributed by atoms with Crippen LogP contribution in [0.25, 0.3) is 0 Å². The molecule has 1 spiro atoms. The second-order valence-electron chi connectivity index (χ2n) is 8.87. The zero-order valence-electron chi connectivity index (χ0n) is 17.0. The highest BCUT2D eigenvalue weighted by Gasteiger charge is 2.68. The quantitative estimate of drug-likeness (QED) is 0.826. The normalized spacial score (nSPS) is 24.7. The molecule has 2 aromatic rings. The summed E-state index contributed by atoms with van der Waals surface area (Å²) >= 11 is 0. The minimum absolute atomic E-state index is 0.0511. The molecule has 1 N–H and O–H groups in total. The predicted molar refractivity (Wildman–Crippen MR) is 111 cm³/mol. The average Bonchev–Trinajstić information content (AvgIpc) is 2.66. The van der Waals surface area contributed by atoms with Crippen LogP contribution in [0.3, 0.4) is 0 Å². The van der Waals surface area contributed by atoms with Crippen molar-refractivity contribution < 1.29 is 14.7 Å². The highest BCUT2D eigenvalue weighted by molar-refractivity contribution is 5.85. The largest absolute Gasteiger partial charge is 0.394 e. The fourth-order valence-corrected chi connectivity index (χ4v) is 5.45. The molecule has 3 heterocycles. The van der Waals surface area contributed by atoms with Crippen LogP contribution >= 0.6 is 0 Å². The summed E-state index contributed by atoms with van der Waals surface area (Å²) in [7, 11) is 0. The van der Waals surface area contributed by atoms with Crippen molar-refractivity contribution in [3.05, 3.63) is 66.0 Å². The summed E-state index contributed by atoms with van der Waals surface area (Å²) in [5.41, 5.74) is 1.63. The van der Waals surface area contributed by atoms with Gasteiger partial charge in [-0.1, -0.05) is 42.8 Å². The Bertz CT molecular complexity index is 923. The monoisotopic (exact) mass is 405 g/mol. The first-order valence-corrected chi connectivity index (χ1v) is 10.8. The van der Waals surface area contributed by atoms with E-state index < -0.39 is 5.54 Å². The number of amides is 2. The van der Waals surface area contributed by atoms with Crippen molar-refractivity contribution in [2.45, 2.75) is 43.2 Å². The lowest BCUT2D eigenvalue weighted by atomic mass is 9.59. The molecule has 1 aromatic carbocycles. The molecule has 6 heteroatoms. The first-order chi connectivity index (χ1) is 14.6. The molecule has 2 amide bonds. The zero-order valence-corrected chi connectivity index (χ0v) is 17.0. The minimum atomic E-state index is -0.397. The summed E-state index contributed by atoms with van der Waals surface area (Å²) in [6, 6.07) is 13.6. The highest BCUT2D eigenvalue weighted by Crippen LogP contribution is 2.55. The van der Waals surface area contributed by atoms with Crippen molar-refractivity contribution in [1.29, 1.82) is 0 Å². The summed E-state index contributed by atoms with van der Waals surface area (Å²) < 4.78 is 0. The molecule has 5 rings (SSSR count). The van der Waals surface area contributed by atoms with Crippen molar-refractivity contribution in [3.8, 4) is 0 Å². The van der Waals surface area contributed by atoms with Gasteiger partial charge in [-0.25, -0.2) is 0 Å². The van der Waals surface area contributed by atoms with Crippen LogP contribution in [0.5, 0.6) is 0 Å². The number of aliphatic hydroxyl groups excluding tert-OH is 1. The first kappa shape index (κ1) is 19.2. The van der Waals surface area contributed by atoms with Gasteiger partial charge in [0, 0.05) is 37.3 Å². The summed E-state index contributed by atoms with van der Waals surface area (Å²) in [5, 5.41) is 10.1. The third-order valence-corrected chi connectivity index (χ3v) is 7.17. The molecule has 2 saturated heterocycles. The molecule has 3 fully saturated rings. The number of likely N-dealkylation sites (tertiary alicyclic amines) is 2. The second-order valence-corrected chi connectivity index (χ2v) is 8.87. The molecule has 0 radical (unpaired) electrons. The van der Waals surface area contributed by atoms with Crippen LogP contribution in [0.2, 0.25) is 0 Å². The maximum absolute atomic E-state index is 13.2. The van der Waals surface area contributed by atoms with Crippen molar-refractivity contribution in [2.75, 3.05) is 19.7 Å². The van der Waals surface area contributed by atoms with E-state index >= 15 is 0 Å². The minimum Gasteiger partial charge on any atom is -0.394 e. The van der Waals surface area contributed by atoms with Crippen LogP contribution < -0.4 is 0 Å². The Morgan fingerprint density at radius 1 is 1.10 bits per heavy atom. The molecule has 0 bridgehead atoms. The van der Waals surface area contributed by atoms with Crippen LogP contribution in [0.4, 0.5) is 0 Å². The molecule has 2 aliphatic heterocycles. The lowest BCUT2D eigenvalue weighted by Crippen LogP contribution is -2.86. The van der Waals surface area contributed by atoms with Gasteiger partial charge in [0.2, 0.25) is 11.8 Å². The summed E-state index contributed by atoms with van der Waals surface area (Å²) in [5.74, 6) is 0.346. The second kappa shape index (κ2) is 7.51. The van der Waals surface area contributed by atoms with Gasteiger partial charge in [-0.15, -0.1) is 0 Å². The van der Waals surface area contributed by atoms with E-state index in [-0.39, 0.29) is 36.3 Å². The molecule has 156 valence electrons. The number of carbonyl (C=O) groups excluding carboxylic acids is 2. The maximum atomic E-state index is 13.2. The van der Waals surface area contributed by atoms with Crippen LogP contribution in [0, 0.1) is 5.92 Å². The lowest BCUT2D eigenvalue weighted by Gasteiger charge is -2.71. The number of nitrogens with zero attached hydrogens (tertiary/aromatic N) is 3. The number of aromatic nitrogens is 1. The molecule has 1 saturated carbocycles. The van der Waals surface area contributed by atoms with E-state index in [4.69, 9.17) is 0 Å². The smallest absolute Gasteiger partial charge is 0.227 e. The number of carbonyl (C=O) groups is 2. The number of hydrogen-bond acceptors (Lipinski definition) is 4. The van der Waals surface area contributed by atoms with E-state index in [1.54, 1.807) is 12.4 Å². The van der Waals surface area contributed by atoms with Crippen molar-refractivity contribution in [3.63, 3.8) is 0 Å². The standard InChI is InChI=1S/C24H27N3O3/c28-14-20-22(18-7-2-1-3-8-18)24(27(20)23(30)19-9-4-10-19)15-26(16-24)21(29)12-17-6-5-11-25-13-17/h1-3,5-8,11,13,19-20,22,28H,4,9-10,12,14-16H2/t20-,22-/m1/s1. The number of benzene rings is 1. The Morgan fingerprint density at radius 2 is 1.87 bits per heavy atom. The number of rotatable bonds is 5. The van der Waals surface area contributed by atoms with Crippen LogP contribution in [-0.4, -0.2) is 63.0 Å². The Morgan fingerprint density at radius 3 is 2.47 bits per heavy atom. The predicted octanol–water partition coefficient (Wildman–Crippen LogP) is 1.99. The van der Waals surface area contributed by atoms with Gasteiger partial charge < -0.3 is 14.9 Å². The van der Waals surface area contributed by atoms with Gasteiger partial charge in [-0.05, 0) is 30.0 Å². The number of hydrogen-bond donors (Lipinski definition) is 1. The summed E-state index contributed by atoms with van der Waals surface area (Å²) in [6.45, 7) is 1.00. The number of pyridine rings is 1. The maximum Gasteiger partial charge on any atom is 0.227 e. The Kier molecular flexibility index (Phi) is 4.82. The highest BCUT2D eigenvalue weighted by atomic mass is 16.3. The summed E-state index contributed by atoms with van der Waals surface area (Å²) in [6.07, 6.45) is 6.70. The summed E-state index contributed by atoms with van der Waals surface area (Å²) in [4.78, 5) is 33.9. The van der Waals surface area contributed by atoms with Crippen molar-refractivity contribution >= 4 is 11.8 Å². The van der Waals surface area contributed by atoms with Crippen LogP contribution in [0.15, 0.2) is 54.9 Å². The van der Waals surface area contributed by atoms with Crippen LogP contribution in [-0.2, 0) is 16.0 Å². The molecule has 1 aliphatic carbocycles. The lowest BCUT2D eigenvalue weighted by molar-refractivity contribution is -0.207.